The van der Waals surface area contributed by atoms with Gasteiger partial charge in [0.2, 0.25) is 0 Å². The average Bonchev–Trinajstić information content (AvgIpc) is 3.51. The van der Waals surface area contributed by atoms with Gasteiger partial charge in [0.15, 0.2) is 0 Å². The van der Waals surface area contributed by atoms with E-state index in [-0.39, 0.29) is 0 Å². The molecule has 0 N–H and O–H groups in total. The second-order valence-electron chi connectivity index (χ2n) is 11.3. The van der Waals surface area contributed by atoms with E-state index in [0.717, 1.165) is 16.5 Å². The van der Waals surface area contributed by atoms with Crippen molar-refractivity contribution in [3.63, 3.8) is 0 Å². The van der Waals surface area contributed by atoms with E-state index in [1.54, 1.807) is 0 Å². The van der Waals surface area contributed by atoms with Gasteiger partial charge in [0.25, 0.3) is 0 Å². The van der Waals surface area contributed by atoms with Gasteiger partial charge in [-0.15, -0.1) is 0 Å². The third-order valence-corrected chi connectivity index (χ3v) is 8.90. The van der Waals surface area contributed by atoms with Gasteiger partial charge in [0.1, 0.15) is 5.58 Å². The molecule has 9 rings (SSSR count). The second kappa shape index (κ2) is 9.44. The van der Waals surface area contributed by atoms with Gasteiger partial charge < -0.3 is 4.42 Å². The molecular weight excluding hydrogens is 520 g/mol. The molecule has 9 aromatic rings. The Hall–Kier alpha value is -5.66. The smallest absolute Gasteiger partial charge is 0.135 e. The van der Waals surface area contributed by atoms with Crippen LogP contribution in [0.5, 0.6) is 0 Å². The van der Waals surface area contributed by atoms with Crippen molar-refractivity contribution in [1.29, 1.82) is 0 Å². The molecule has 0 saturated heterocycles. The molecule has 200 valence electrons. The maximum atomic E-state index is 6.29. The fourth-order valence-corrected chi connectivity index (χ4v) is 6.93. The van der Waals surface area contributed by atoms with Gasteiger partial charge in [-0.1, -0.05) is 133 Å². The molecule has 0 spiro atoms. The summed E-state index contributed by atoms with van der Waals surface area (Å²) < 4.78 is 6.29. The summed E-state index contributed by atoms with van der Waals surface area (Å²) in [6.07, 6.45) is 1.96. The Morgan fingerprint density at radius 3 is 1.63 bits per heavy atom. The van der Waals surface area contributed by atoms with Crippen molar-refractivity contribution in [1.82, 2.24) is 0 Å². The van der Waals surface area contributed by atoms with Crippen LogP contribution in [0, 0.1) is 0 Å². The van der Waals surface area contributed by atoms with E-state index in [1.807, 2.05) is 6.26 Å². The van der Waals surface area contributed by atoms with E-state index in [9.17, 15) is 0 Å². The Balaban J connectivity index is 1.32. The van der Waals surface area contributed by atoms with Crippen molar-refractivity contribution >= 4 is 54.1 Å². The minimum atomic E-state index is 0.904. The van der Waals surface area contributed by atoms with E-state index in [0.29, 0.717) is 0 Å². The number of benzene rings is 8. The zero-order valence-corrected chi connectivity index (χ0v) is 23.4. The Labute approximate surface area is 249 Å². The Morgan fingerprint density at radius 1 is 0.349 bits per heavy atom. The molecule has 1 heteroatoms. The van der Waals surface area contributed by atoms with Crippen molar-refractivity contribution < 1.29 is 4.42 Å². The highest BCUT2D eigenvalue weighted by molar-refractivity contribution is 6.25. The lowest BCUT2D eigenvalue weighted by Gasteiger charge is -2.17. The van der Waals surface area contributed by atoms with Crippen LogP contribution < -0.4 is 0 Å². The normalized spacial score (nSPS) is 11.7. The zero-order chi connectivity index (χ0) is 28.3. The molecule has 1 heterocycles. The Kier molecular flexibility index (Phi) is 5.27. The molecule has 0 bridgehead atoms. The van der Waals surface area contributed by atoms with Crippen LogP contribution >= 0.6 is 0 Å². The fourth-order valence-electron chi connectivity index (χ4n) is 6.93. The van der Waals surface area contributed by atoms with Gasteiger partial charge >= 0.3 is 0 Å². The van der Waals surface area contributed by atoms with Crippen molar-refractivity contribution in [2.75, 3.05) is 0 Å². The van der Waals surface area contributed by atoms with Crippen LogP contribution in [0.25, 0.3) is 87.4 Å². The molecule has 1 nitrogen and oxygen atoms in total. The average molecular weight is 547 g/mol. The van der Waals surface area contributed by atoms with Gasteiger partial charge in [-0.05, 0) is 83.5 Å². The van der Waals surface area contributed by atoms with Crippen molar-refractivity contribution in [2.45, 2.75) is 0 Å². The standard InChI is InChI=1S/C42H26O/c1-2-11-28(12-3-1)40-34-14-6-8-16-36(34)41(37-17-9-7-15-35(37)40)38-26-43-39-23-21-32-25-31(20-22-33(32)42(38)39)30-19-18-27-10-4-5-13-29(27)24-30/h1-26H. The van der Waals surface area contributed by atoms with Gasteiger partial charge in [-0.2, -0.15) is 0 Å². The number of hydrogen-bond donors (Lipinski definition) is 0. The summed E-state index contributed by atoms with van der Waals surface area (Å²) in [7, 11) is 0. The van der Waals surface area contributed by atoms with Gasteiger partial charge in [-0.25, -0.2) is 0 Å². The number of furan rings is 1. The second-order valence-corrected chi connectivity index (χ2v) is 11.3. The Bertz CT molecular complexity index is 2440. The summed E-state index contributed by atoms with van der Waals surface area (Å²) in [4.78, 5) is 0. The van der Waals surface area contributed by atoms with E-state index in [4.69, 9.17) is 4.42 Å². The van der Waals surface area contributed by atoms with Crippen LogP contribution in [-0.4, -0.2) is 0 Å². The predicted octanol–water partition coefficient (Wildman–Crippen LogP) is 12.0. The van der Waals surface area contributed by atoms with Gasteiger partial charge in [0.05, 0.1) is 6.26 Å². The highest BCUT2D eigenvalue weighted by Gasteiger charge is 2.20. The molecule has 8 aromatic carbocycles. The summed E-state index contributed by atoms with van der Waals surface area (Å²) >= 11 is 0. The molecule has 0 saturated carbocycles. The fraction of sp³-hybridized carbons (Fsp3) is 0. The van der Waals surface area contributed by atoms with E-state index < -0.39 is 0 Å². The van der Waals surface area contributed by atoms with Crippen molar-refractivity contribution in [3.8, 4) is 33.4 Å². The number of hydrogen-bond acceptors (Lipinski definition) is 1. The van der Waals surface area contributed by atoms with Crippen molar-refractivity contribution in [2.24, 2.45) is 0 Å². The summed E-state index contributed by atoms with van der Waals surface area (Å²) in [5.41, 5.74) is 8.19. The maximum Gasteiger partial charge on any atom is 0.135 e. The molecule has 0 atom stereocenters. The first kappa shape index (κ1) is 24.0. The molecule has 0 fully saturated rings. The minimum absolute atomic E-state index is 0.904. The molecule has 0 aliphatic rings. The topological polar surface area (TPSA) is 13.1 Å². The van der Waals surface area contributed by atoms with E-state index in [1.165, 1.54) is 70.9 Å². The van der Waals surface area contributed by atoms with Gasteiger partial charge in [-0.3, -0.25) is 0 Å². The molecule has 0 radical (unpaired) electrons. The van der Waals surface area contributed by atoms with Crippen LogP contribution in [-0.2, 0) is 0 Å². The molecular formula is C42H26O. The first-order valence-electron chi connectivity index (χ1n) is 14.8. The Morgan fingerprint density at radius 2 is 0.907 bits per heavy atom. The van der Waals surface area contributed by atoms with Crippen LogP contribution in [0.15, 0.2) is 162 Å². The molecule has 0 aliphatic carbocycles. The molecule has 1 aromatic heterocycles. The maximum absolute atomic E-state index is 6.29. The quantitative estimate of drug-likeness (QED) is 0.201. The summed E-state index contributed by atoms with van der Waals surface area (Å²) in [6, 6.07) is 54.7. The minimum Gasteiger partial charge on any atom is -0.464 e. The highest BCUT2D eigenvalue weighted by Crippen LogP contribution is 2.47. The predicted molar refractivity (Wildman–Crippen MR) is 183 cm³/mol. The first-order chi connectivity index (χ1) is 21.3. The first-order valence-corrected chi connectivity index (χ1v) is 14.8. The summed E-state index contributed by atoms with van der Waals surface area (Å²) in [5, 5.41) is 11.0. The van der Waals surface area contributed by atoms with E-state index in [2.05, 4.69) is 152 Å². The SMILES string of the molecule is c1ccc(-c2c3ccccc3c(-c3coc4ccc5cc(-c6ccc7ccccc7c6)ccc5c34)c3ccccc23)cc1. The third kappa shape index (κ3) is 3.72. The van der Waals surface area contributed by atoms with Crippen LogP contribution in [0.1, 0.15) is 0 Å². The van der Waals surface area contributed by atoms with Crippen molar-refractivity contribution in [3.05, 3.63) is 158 Å². The summed E-state index contributed by atoms with van der Waals surface area (Å²) in [5.74, 6) is 0. The number of rotatable bonds is 3. The molecule has 0 aliphatic heterocycles. The molecule has 0 amide bonds. The molecule has 0 unspecified atom stereocenters. The largest absolute Gasteiger partial charge is 0.464 e. The number of fused-ring (bicyclic) bond motifs is 6. The lowest BCUT2D eigenvalue weighted by Crippen LogP contribution is -1.90. The van der Waals surface area contributed by atoms with Crippen LogP contribution in [0.3, 0.4) is 0 Å². The monoisotopic (exact) mass is 546 g/mol. The summed E-state index contributed by atoms with van der Waals surface area (Å²) in [6.45, 7) is 0. The van der Waals surface area contributed by atoms with Crippen LogP contribution in [0.2, 0.25) is 0 Å². The van der Waals surface area contributed by atoms with Gasteiger partial charge in [0, 0.05) is 16.5 Å². The third-order valence-electron chi connectivity index (χ3n) is 8.90. The lowest BCUT2D eigenvalue weighted by atomic mass is 9.85. The van der Waals surface area contributed by atoms with Crippen LogP contribution in [0.4, 0.5) is 0 Å². The molecule has 43 heavy (non-hydrogen) atoms. The highest BCUT2D eigenvalue weighted by atomic mass is 16.3. The lowest BCUT2D eigenvalue weighted by molar-refractivity contribution is 0.617. The zero-order valence-electron chi connectivity index (χ0n) is 23.4. The van der Waals surface area contributed by atoms with E-state index >= 15 is 0 Å².